The Balaban J connectivity index is 0.000000855. The molecular weight excluding hydrogens is 971 g/mol. The molecular formula is C62H121N15O. The zero-order valence-corrected chi connectivity index (χ0v) is 53.3. The van der Waals surface area contributed by atoms with Gasteiger partial charge in [-0.25, -0.2) is 0 Å². The van der Waals surface area contributed by atoms with Gasteiger partial charge in [-0.05, 0) is 115 Å². The van der Waals surface area contributed by atoms with E-state index in [0.29, 0.717) is 29.6 Å². The van der Waals surface area contributed by atoms with Crippen molar-refractivity contribution in [2.24, 2.45) is 68.5 Å². The molecule has 2 atom stereocenters. The van der Waals surface area contributed by atoms with Gasteiger partial charge in [-0.15, -0.1) is 15.3 Å². The fraction of sp³-hybridized carbons (Fsp3) is 0.823. The standard InChI is InChI=1S/2C8H16.C7H13N3.C7H12N2.C7H15N.C7H14O.2C6H11N3.C5H9N3.CH4/c2*1-7(2)8-5-3-4-6-8;1-4-10-5-7(6(2)3)8-9-10;1-6(2)7-4-8-9(3)5-7;2*1-6(2)7-3-4-8-5-7;2*1-5(2)6-4-9(3)8-7-6;1-4(2)5-3-6-8-7-5;/h2*7-8H,3-6H2,1-2H3;5-6H,4H2,1-3H3;4-6H,1-3H3;6-8H,3-5H2,1-2H3;6-7H,3-5H2,1-2H3;2*4-5H,1-3H3;3-4H,1-2H3,(H,6,7,8);1H4. The van der Waals surface area contributed by atoms with Crippen LogP contribution in [0.1, 0.15) is 261 Å². The fourth-order valence-corrected chi connectivity index (χ4v) is 8.79. The molecule has 4 fully saturated rings. The van der Waals surface area contributed by atoms with Crippen molar-refractivity contribution in [1.29, 1.82) is 0 Å². The van der Waals surface area contributed by atoms with Gasteiger partial charge < -0.3 is 10.1 Å². The molecule has 16 nitrogen and oxygen atoms in total. The highest BCUT2D eigenvalue weighted by molar-refractivity contribution is 5.08. The molecule has 2 saturated heterocycles. The summed E-state index contributed by atoms with van der Waals surface area (Å²) in [6.07, 6.45) is 26.2. The predicted octanol–water partition coefficient (Wildman–Crippen LogP) is 15.0. The van der Waals surface area contributed by atoms with Gasteiger partial charge in [0.25, 0.3) is 0 Å². The molecule has 2 unspecified atom stereocenters. The van der Waals surface area contributed by atoms with E-state index in [-0.39, 0.29) is 7.43 Å². The van der Waals surface area contributed by atoms with Crippen LogP contribution in [0.3, 0.4) is 0 Å². The predicted molar refractivity (Wildman–Crippen MR) is 328 cm³/mol. The van der Waals surface area contributed by atoms with Gasteiger partial charge in [-0.2, -0.15) is 20.5 Å². The van der Waals surface area contributed by atoms with E-state index in [2.05, 4.69) is 188 Å². The maximum Gasteiger partial charge on any atom is 0.0852 e. The van der Waals surface area contributed by atoms with Crippen LogP contribution in [0.15, 0.2) is 37.2 Å². The number of hydrogen-bond acceptors (Lipinski definition) is 11. The van der Waals surface area contributed by atoms with E-state index < -0.39 is 0 Å². The zero-order chi connectivity index (χ0) is 58.0. The Kier molecular flexibility index (Phi) is 39.4. The number of aromatic amines is 1. The summed E-state index contributed by atoms with van der Waals surface area (Å²) in [5.74, 6) is 10.0. The average molecular weight is 1090 g/mol. The van der Waals surface area contributed by atoms with Crippen LogP contribution in [0.2, 0.25) is 0 Å². The van der Waals surface area contributed by atoms with Gasteiger partial charge in [-0.3, -0.25) is 18.7 Å². The molecule has 2 saturated carbocycles. The van der Waals surface area contributed by atoms with E-state index in [1.54, 1.807) is 15.6 Å². The second-order valence-corrected chi connectivity index (χ2v) is 24.7. The smallest absolute Gasteiger partial charge is 0.0852 e. The minimum absolute atomic E-state index is 0. The molecule has 2 N–H and O–H groups in total. The van der Waals surface area contributed by atoms with Crippen LogP contribution in [0.25, 0.3) is 0 Å². The first kappa shape index (κ1) is 73.7. The quantitative estimate of drug-likeness (QED) is 0.136. The molecule has 4 aliphatic rings. The van der Waals surface area contributed by atoms with Crippen LogP contribution >= 0.6 is 0 Å². The molecule has 7 heterocycles. The van der Waals surface area contributed by atoms with Crippen molar-refractivity contribution >= 4 is 0 Å². The first-order valence-corrected chi connectivity index (χ1v) is 30.1. The molecule has 0 amide bonds. The first-order chi connectivity index (χ1) is 36.4. The van der Waals surface area contributed by atoms with Crippen LogP contribution in [0, 0.1) is 47.3 Å². The molecule has 0 bridgehead atoms. The zero-order valence-electron chi connectivity index (χ0n) is 53.3. The summed E-state index contributed by atoms with van der Waals surface area (Å²) in [6.45, 7) is 47.1. The monoisotopic (exact) mass is 1090 g/mol. The number of ether oxygens (including phenoxy) is 1. The minimum Gasteiger partial charge on any atom is -0.381 e. The fourth-order valence-electron chi connectivity index (χ4n) is 8.79. The Morgan fingerprint density at radius 2 is 0.949 bits per heavy atom. The number of aromatic nitrogens is 14. The van der Waals surface area contributed by atoms with Crippen LogP contribution in [0.4, 0.5) is 0 Å². The lowest BCUT2D eigenvalue weighted by Gasteiger charge is -2.11. The summed E-state index contributed by atoms with van der Waals surface area (Å²) in [7, 11) is 5.68. The summed E-state index contributed by atoms with van der Waals surface area (Å²) in [5, 5.41) is 40.9. The van der Waals surface area contributed by atoms with E-state index in [4.69, 9.17) is 4.74 Å². The van der Waals surface area contributed by atoms with E-state index in [1.165, 1.54) is 82.9 Å². The molecule has 0 spiro atoms. The maximum atomic E-state index is 5.22. The van der Waals surface area contributed by atoms with E-state index in [1.807, 2.05) is 61.5 Å². The van der Waals surface area contributed by atoms with Crippen LogP contribution in [-0.4, -0.2) is 96.5 Å². The van der Waals surface area contributed by atoms with Crippen molar-refractivity contribution in [2.45, 2.75) is 239 Å². The molecule has 16 heteroatoms. The van der Waals surface area contributed by atoms with Gasteiger partial charge in [0, 0.05) is 65.7 Å². The number of rotatable bonds is 10. The number of hydrogen-bond donors (Lipinski definition) is 2. The Bertz CT molecular complexity index is 1900. The second-order valence-electron chi connectivity index (χ2n) is 24.7. The molecule has 450 valence electrons. The number of nitrogens with zero attached hydrogens (tertiary/aromatic N) is 13. The highest BCUT2D eigenvalue weighted by Crippen LogP contribution is 2.31. The third-order valence-electron chi connectivity index (χ3n) is 14.9. The third kappa shape index (κ3) is 32.7. The van der Waals surface area contributed by atoms with Gasteiger partial charge in [-0.1, -0.05) is 199 Å². The molecule has 5 aromatic heterocycles. The molecule has 2 aliphatic carbocycles. The van der Waals surface area contributed by atoms with Crippen molar-refractivity contribution in [3.8, 4) is 0 Å². The summed E-state index contributed by atoms with van der Waals surface area (Å²) in [6, 6.07) is 0. The summed E-state index contributed by atoms with van der Waals surface area (Å²) < 4.78 is 12.3. The van der Waals surface area contributed by atoms with Crippen molar-refractivity contribution in [3.63, 3.8) is 0 Å². The van der Waals surface area contributed by atoms with Gasteiger partial charge in [0.2, 0.25) is 0 Å². The third-order valence-corrected chi connectivity index (χ3v) is 14.9. The summed E-state index contributed by atoms with van der Waals surface area (Å²) in [5.41, 5.74) is 5.50. The van der Waals surface area contributed by atoms with Crippen molar-refractivity contribution in [2.75, 3.05) is 26.3 Å². The Hall–Kier alpha value is -4.31. The van der Waals surface area contributed by atoms with Crippen LogP contribution in [0.5, 0.6) is 0 Å². The van der Waals surface area contributed by atoms with Crippen molar-refractivity contribution < 1.29 is 4.74 Å². The van der Waals surface area contributed by atoms with Crippen LogP contribution in [-0.2, 0) is 32.4 Å². The lowest BCUT2D eigenvalue weighted by molar-refractivity contribution is 0.176. The van der Waals surface area contributed by atoms with E-state index in [9.17, 15) is 0 Å². The maximum absolute atomic E-state index is 5.22. The molecule has 0 aromatic carbocycles. The SMILES string of the molecule is C.CC(C)C1CCCC1.CC(C)C1CCCC1.CC(C)C1CCNC1.CC(C)C1CCOC1.CC(C)c1cn(C)nn1.CC(C)c1cn(C)nn1.CC(C)c1cn[nH]n1.CC(C)c1cnn(C)c1.CCn1cc(C(C)C)nn1. The molecule has 78 heavy (non-hydrogen) atoms. The molecule has 5 aromatic rings. The Morgan fingerprint density at radius 3 is 1.14 bits per heavy atom. The molecule has 9 rings (SSSR count). The summed E-state index contributed by atoms with van der Waals surface area (Å²) >= 11 is 0. The first-order valence-electron chi connectivity index (χ1n) is 30.1. The second kappa shape index (κ2) is 41.7. The minimum atomic E-state index is 0. The summed E-state index contributed by atoms with van der Waals surface area (Å²) in [4.78, 5) is 0. The number of H-pyrrole nitrogens is 1. The van der Waals surface area contributed by atoms with E-state index in [0.717, 1.165) is 89.9 Å². The van der Waals surface area contributed by atoms with Gasteiger partial charge in [0.05, 0.1) is 35.2 Å². The highest BCUT2D eigenvalue weighted by atomic mass is 16.5. The number of aryl methyl sites for hydroxylation is 4. The lowest BCUT2D eigenvalue weighted by Crippen LogP contribution is -2.12. The number of nitrogens with one attached hydrogen (secondary N) is 2. The average Bonchev–Trinajstić information content (AvgIpc) is 4.24. The topological polar surface area (TPSA) is 173 Å². The van der Waals surface area contributed by atoms with Crippen LogP contribution < -0.4 is 5.32 Å². The molecule has 0 radical (unpaired) electrons. The van der Waals surface area contributed by atoms with Gasteiger partial charge >= 0.3 is 0 Å². The van der Waals surface area contributed by atoms with Gasteiger partial charge in [0.1, 0.15) is 0 Å². The Labute approximate surface area is 478 Å². The van der Waals surface area contributed by atoms with E-state index >= 15 is 0 Å². The largest absolute Gasteiger partial charge is 0.381 e. The highest BCUT2D eigenvalue weighted by Gasteiger charge is 2.20. The lowest BCUT2D eigenvalue weighted by atomic mass is 9.95. The van der Waals surface area contributed by atoms with Crippen molar-refractivity contribution in [1.82, 2.24) is 75.5 Å². The normalized spacial score (nSPS) is 16.9. The Morgan fingerprint density at radius 1 is 0.500 bits per heavy atom. The van der Waals surface area contributed by atoms with Gasteiger partial charge in [0.15, 0.2) is 0 Å². The molecule has 2 aliphatic heterocycles. The van der Waals surface area contributed by atoms with Crippen molar-refractivity contribution in [3.05, 3.63) is 65.5 Å².